The standard InChI is InChI=1S/C27H31N3O6S/c1-19-4-15-24(16-5-19)37(34,35)29-25(27(32)30(2)3)18-21-8-13-23(14-9-21)36-22-11-6-20(7-12-22)10-17-26(31)28-33/h4-9,11-16,25,29,33H,10,17-18H2,1-3H3,(H,28,31)/t25-/m1/s1. The first-order valence-electron chi connectivity index (χ1n) is 11.7. The monoisotopic (exact) mass is 525 g/mol. The van der Waals surface area contributed by atoms with Gasteiger partial charge >= 0.3 is 0 Å². The lowest BCUT2D eigenvalue weighted by atomic mass is 10.1. The van der Waals surface area contributed by atoms with E-state index in [1.807, 2.05) is 19.1 Å². The molecule has 0 unspecified atom stereocenters. The van der Waals surface area contributed by atoms with Crippen LogP contribution >= 0.6 is 0 Å². The van der Waals surface area contributed by atoms with E-state index < -0.39 is 22.0 Å². The number of benzene rings is 3. The molecular formula is C27H31N3O6S. The molecule has 0 radical (unpaired) electrons. The summed E-state index contributed by atoms with van der Waals surface area (Å²) in [6, 6.07) is 19.8. The lowest BCUT2D eigenvalue weighted by Gasteiger charge is -2.22. The second-order valence-corrected chi connectivity index (χ2v) is 10.6. The zero-order valence-electron chi connectivity index (χ0n) is 21.0. The van der Waals surface area contributed by atoms with Gasteiger partial charge in [0.15, 0.2) is 0 Å². The van der Waals surface area contributed by atoms with Crippen molar-refractivity contribution in [2.45, 2.75) is 37.1 Å². The maximum Gasteiger partial charge on any atom is 0.243 e. The van der Waals surface area contributed by atoms with Crippen LogP contribution in [0.3, 0.4) is 0 Å². The van der Waals surface area contributed by atoms with Crippen LogP contribution < -0.4 is 14.9 Å². The summed E-state index contributed by atoms with van der Waals surface area (Å²) in [5, 5.41) is 8.58. The first-order valence-corrected chi connectivity index (χ1v) is 13.1. The van der Waals surface area contributed by atoms with Crippen LogP contribution in [-0.2, 0) is 32.5 Å². The summed E-state index contributed by atoms with van der Waals surface area (Å²) in [4.78, 5) is 25.4. The van der Waals surface area contributed by atoms with E-state index in [0.717, 1.165) is 16.7 Å². The molecule has 9 nitrogen and oxygen atoms in total. The SMILES string of the molecule is Cc1ccc(S(=O)(=O)N[C@H](Cc2ccc(Oc3ccc(CCC(=O)NO)cc3)cc2)C(=O)N(C)C)cc1. The minimum absolute atomic E-state index is 0.0982. The Bertz CT molecular complexity index is 1310. The summed E-state index contributed by atoms with van der Waals surface area (Å²) in [7, 11) is -0.730. The molecule has 0 aliphatic heterocycles. The van der Waals surface area contributed by atoms with Gasteiger partial charge in [0.2, 0.25) is 21.8 Å². The number of ether oxygens (including phenoxy) is 1. The Morgan fingerprint density at radius 2 is 1.43 bits per heavy atom. The zero-order chi connectivity index (χ0) is 27.0. The molecular weight excluding hydrogens is 494 g/mol. The third-order valence-electron chi connectivity index (χ3n) is 5.66. The van der Waals surface area contributed by atoms with Crippen molar-refractivity contribution in [1.82, 2.24) is 15.1 Å². The molecule has 3 N–H and O–H groups in total. The number of hydroxylamine groups is 1. The van der Waals surface area contributed by atoms with Crippen molar-refractivity contribution in [1.29, 1.82) is 0 Å². The number of hydrogen-bond acceptors (Lipinski definition) is 6. The normalized spacial score (nSPS) is 12.0. The van der Waals surface area contributed by atoms with Crippen LogP contribution in [0.2, 0.25) is 0 Å². The molecule has 0 fully saturated rings. The van der Waals surface area contributed by atoms with Gasteiger partial charge in [0, 0.05) is 20.5 Å². The van der Waals surface area contributed by atoms with Crippen molar-refractivity contribution < 1.29 is 28.0 Å². The number of hydrogen-bond donors (Lipinski definition) is 3. The third-order valence-corrected chi connectivity index (χ3v) is 7.14. The summed E-state index contributed by atoms with van der Waals surface area (Å²) < 4.78 is 34.2. The van der Waals surface area contributed by atoms with Crippen LogP contribution in [0.25, 0.3) is 0 Å². The lowest BCUT2D eigenvalue weighted by Crippen LogP contribution is -2.47. The minimum Gasteiger partial charge on any atom is -0.457 e. The molecule has 0 heterocycles. The molecule has 0 saturated carbocycles. The quantitative estimate of drug-likeness (QED) is 0.261. The van der Waals surface area contributed by atoms with Crippen LogP contribution in [0, 0.1) is 6.92 Å². The molecule has 3 aromatic carbocycles. The Morgan fingerprint density at radius 1 is 0.892 bits per heavy atom. The fourth-order valence-electron chi connectivity index (χ4n) is 3.57. The predicted octanol–water partition coefficient (Wildman–Crippen LogP) is 3.20. The van der Waals surface area contributed by atoms with Crippen LogP contribution in [-0.4, -0.2) is 50.5 Å². The van der Waals surface area contributed by atoms with Gasteiger partial charge in [0.1, 0.15) is 17.5 Å². The molecule has 196 valence electrons. The van der Waals surface area contributed by atoms with E-state index in [-0.39, 0.29) is 23.6 Å². The number of carbonyl (C=O) groups is 2. The van der Waals surface area contributed by atoms with Gasteiger partial charge in [-0.3, -0.25) is 14.8 Å². The van der Waals surface area contributed by atoms with Crippen LogP contribution in [0.1, 0.15) is 23.1 Å². The summed E-state index contributed by atoms with van der Waals surface area (Å²) >= 11 is 0. The van der Waals surface area contributed by atoms with E-state index in [4.69, 9.17) is 9.94 Å². The molecule has 0 aliphatic rings. The van der Waals surface area contributed by atoms with E-state index in [2.05, 4.69) is 4.72 Å². The summed E-state index contributed by atoms with van der Waals surface area (Å²) in [6.07, 6.45) is 0.830. The Balaban J connectivity index is 1.67. The molecule has 2 amide bonds. The highest BCUT2D eigenvalue weighted by Gasteiger charge is 2.27. The van der Waals surface area contributed by atoms with E-state index in [0.29, 0.717) is 17.9 Å². The number of amides is 2. The maximum absolute atomic E-state index is 12.9. The van der Waals surface area contributed by atoms with Crippen molar-refractivity contribution in [3.63, 3.8) is 0 Å². The molecule has 1 atom stereocenters. The van der Waals surface area contributed by atoms with Crippen LogP contribution in [0.5, 0.6) is 11.5 Å². The Labute approximate surface area is 217 Å². The van der Waals surface area contributed by atoms with Gasteiger partial charge in [-0.2, -0.15) is 4.72 Å². The Hall–Kier alpha value is -3.73. The average molecular weight is 526 g/mol. The highest BCUT2D eigenvalue weighted by Crippen LogP contribution is 2.23. The van der Waals surface area contributed by atoms with Gasteiger partial charge < -0.3 is 9.64 Å². The molecule has 0 bridgehead atoms. The number of sulfonamides is 1. The number of rotatable bonds is 11. The Morgan fingerprint density at radius 3 is 1.95 bits per heavy atom. The smallest absolute Gasteiger partial charge is 0.243 e. The first-order chi connectivity index (χ1) is 17.6. The molecule has 0 aliphatic carbocycles. The van der Waals surface area contributed by atoms with Gasteiger partial charge in [-0.15, -0.1) is 0 Å². The number of nitrogens with one attached hydrogen (secondary N) is 2. The van der Waals surface area contributed by atoms with E-state index in [1.165, 1.54) is 17.0 Å². The molecule has 3 aromatic rings. The van der Waals surface area contributed by atoms with E-state index >= 15 is 0 Å². The number of carbonyl (C=O) groups excluding carboxylic acids is 2. The highest BCUT2D eigenvalue weighted by molar-refractivity contribution is 7.89. The first kappa shape index (κ1) is 27.9. The molecule has 10 heteroatoms. The molecule has 0 aromatic heterocycles. The average Bonchev–Trinajstić information content (AvgIpc) is 2.88. The Kier molecular flexibility index (Phi) is 9.40. The van der Waals surface area contributed by atoms with E-state index in [9.17, 15) is 18.0 Å². The van der Waals surface area contributed by atoms with Gasteiger partial charge in [0.25, 0.3) is 0 Å². The molecule has 0 spiro atoms. The van der Waals surface area contributed by atoms with Crippen molar-refractivity contribution in [3.8, 4) is 11.5 Å². The van der Waals surface area contributed by atoms with Crippen molar-refractivity contribution in [3.05, 3.63) is 89.5 Å². The van der Waals surface area contributed by atoms with Gasteiger partial charge in [-0.25, -0.2) is 13.9 Å². The molecule has 3 rings (SSSR count). The maximum atomic E-state index is 12.9. The summed E-state index contributed by atoms with van der Waals surface area (Å²) in [5.74, 6) is 0.381. The van der Waals surface area contributed by atoms with Crippen LogP contribution in [0.4, 0.5) is 0 Å². The fraction of sp³-hybridized carbons (Fsp3) is 0.259. The van der Waals surface area contributed by atoms with Crippen molar-refractivity contribution in [2.75, 3.05) is 14.1 Å². The number of aryl methyl sites for hydroxylation is 2. The van der Waals surface area contributed by atoms with Crippen molar-refractivity contribution in [2.24, 2.45) is 0 Å². The molecule has 0 saturated heterocycles. The summed E-state index contributed by atoms with van der Waals surface area (Å²) in [5.41, 5.74) is 4.23. The van der Waals surface area contributed by atoms with Gasteiger partial charge in [-0.05, 0) is 67.3 Å². The molecule has 37 heavy (non-hydrogen) atoms. The fourth-order valence-corrected chi connectivity index (χ4v) is 4.76. The van der Waals surface area contributed by atoms with E-state index in [1.54, 1.807) is 68.1 Å². The summed E-state index contributed by atoms with van der Waals surface area (Å²) in [6.45, 7) is 1.87. The third kappa shape index (κ3) is 8.14. The topological polar surface area (TPSA) is 125 Å². The van der Waals surface area contributed by atoms with Crippen molar-refractivity contribution >= 4 is 21.8 Å². The number of likely N-dealkylation sites (N-methyl/N-ethyl adjacent to an activating group) is 1. The highest BCUT2D eigenvalue weighted by atomic mass is 32.2. The van der Waals surface area contributed by atoms with Gasteiger partial charge in [0.05, 0.1) is 4.90 Å². The zero-order valence-corrected chi connectivity index (χ0v) is 21.8. The predicted molar refractivity (Wildman–Crippen MR) is 139 cm³/mol. The number of nitrogens with zero attached hydrogens (tertiary/aromatic N) is 1. The second-order valence-electron chi connectivity index (χ2n) is 8.85. The van der Waals surface area contributed by atoms with Gasteiger partial charge in [-0.1, -0.05) is 42.0 Å². The lowest BCUT2D eigenvalue weighted by molar-refractivity contribution is -0.130. The van der Waals surface area contributed by atoms with Crippen LogP contribution in [0.15, 0.2) is 77.7 Å². The largest absolute Gasteiger partial charge is 0.457 e. The second kappa shape index (κ2) is 12.5. The minimum atomic E-state index is -3.89.